The molecule has 0 amide bonds. The molecule has 6 nitrogen and oxygen atoms in total. The summed E-state index contributed by atoms with van der Waals surface area (Å²) < 4.78 is 7.19. The van der Waals surface area contributed by atoms with Gasteiger partial charge < -0.3 is 8.98 Å². The van der Waals surface area contributed by atoms with Crippen LogP contribution in [0.15, 0.2) is 28.7 Å². The number of benzene rings is 1. The maximum atomic E-state index is 11.1. The Hall–Kier alpha value is -2.50. The van der Waals surface area contributed by atoms with Crippen molar-refractivity contribution in [3.8, 4) is 0 Å². The molecule has 0 spiro atoms. The summed E-state index contributed by atoms with van der Waals surface area (Å²) in [6.45, 7) is 2.33. The van der Waals surface area contributed by atoms with E-state index in [2.05, 4.69) is 15.2 Å². The maximum absolute atomic E-state index is 11.1. The molecule has 0 aliphatic rings. The summed E-state index contributed by atoms with van der Waals surface area (Å²) in [5, 5.41) is 7.72. The van der Waals surface area contributed by atoms with Gasteiger partial charge in [-0.05, 0) is 12.1 Å². The molecular formula is C13H12N4O2. The predicted molar refractivity (Wildman–Crippen MR) is 67.9 cm³/mol. The first-order valence-corrected chi connectivity index (χ1v) is 5.97. The number of aromatic nitrogens is 4. The van der Waals surface area contributed by atoms with Crippen molar-refractivity contribution in [3.63, 3.8) is 0 Å². The van der Waals surface area contributed by atoms with E-state index in [1.165, 1.54) is 0 Å². The first kappa shape index (κ1) is 11.6. The first-order chi connectivity index (χ1) is 9.28. The number of fused-ring (bicyclic) bond motifs is 1. The average molecular weight is 256 g/mol. The molecule has 3 aromatic rings. The van der Waals surface area contributed by atoms with Crippen molar-refractivity contribution in [3.05, 3.63) is 41.9 Å². The van der Waals surface area contributed by atoms with Crippen LogP contribution < -0.4 is 0 Å². The van der Waals surface area contributed by atoms with Crippen LogP contribution in [0.5, 0.6) is 0 Å². The monoisotopic (exact) mass is 256 g/mol. The molecule has 0 N–H and O–H groups in total. The summed E-state index contributed by atoms with van der Waals surface area (Å²) in [4.78, 5) is 15.4. The van der Waals surface area contributed by atoms with Crippen LogP contribution in [0, 0.1) is 6.92 Å². The lowest BCUT2D eigenvalue weighted by Gasteiger charge is -2.03. The summed E-state index contributed by atoms with van der Waals surface area (Å²) >= 11 is 0. The van der Waals surface area contributed by atoms with Crippen molar-refractivity contribution in [1.29, 1.82) is 0 Å². The highest BCUT2D eigenvalue weighted by atomic mass is 16.4. The van der Waals surface area contributed by atoms with Gasteiger partial charge in [-0.1, -0.05) is 12.1 Å². The van der Waals surface area contributed by atoms with Gasteiger partial charge in [-0.25, -0.2) is 4.98 Å². The molecule has 2 aromatic heterocycles. The first-order valence-electron chi connectivity index (χ1n) is 5.97. The second-order valence-electron chi connectivity index (χ2n) is 4.19. The normalized spacial score (nSPS) is 11.0. The third-order valence-corrected chi connectivity index (χ3v) is 2.91. The highest BCUT2D eigenvalue weighted by Crippen LogP contribution is 2.15. The molecule has 19 heavy (non-hydrogen) atoms. The van der Waals surface area contributed by atoms with Gasteiger partial charge in [0.1, 0.15) is 0 Å². The number of hydrogen-bond donors (Lipinski definition) is 0. The van der Waals surface area contributed by atoms with E-state index in [4.69, 9.17) is 4.42 Å². The van der Waals surface area contributed by atoms with Gasteiger partial charge in [0.25, 0.3) is 0 Å². The molecule has 0 bridgehead atoms. The number of imidazole rings is 1. The molecule has 3 rings (SSSR count). The van der Waals surface area contributed by atoms with Crippen molar-refractivity contribution in [1.82, 2.24) is 19.7 Å². The average Bonchev–Trinajstić information content (AvgIpc) is 2.99. The molecule has 0 saturated carbocycles. The van der Waals surface area contributed by atoms with Crippen molar-refractivity contribution >= 4 is 17.3 Å². The van der Waals surface area contributed by atoms with Gasteiger partial charge in [0, 0.05) is 19.9 Å². The van der Waals surface area contributed by atoms with E-state index in [0.29, 0.717) is 30.6 Å². The molecule has 96 valence electrons. The van der Waals surface area contributed by atoms with Crippen LogP contribution in [0.3, 0.4) is 0 Å². The van der Waals surface area contributed by atoms with Gasteiger partial charge in [0.05, 0.1) is 11.0 Å². The second-order valence-corrected chi connectivity index (χ2v) is 4.19. The highest BCUT2D eigenvalue weighted by molar-refractivity contribution is 5.82. The quantitative estimate of drug-likeness (QED) is 0.665. The van der Waals surface area contributed by atoms with Crippen LogP contribution in [0.1, 0.15) is 22.4 Å². The summed E-state index contributed by atoms with van der Waals surface area (Å²) in [6, 6.07) is 7.64. The zero-order valence-corrected chi connectivity index (χ0v) is 10.4. The third kappa shape index (κ3) is 2.12. The van der Waals surface area contributed by atoms with Crippen LogP contribution in [0.2, 0.25) is 0 Å². The van der Waals surface area contributed by atoms with Gasteiger partial charge in [-0.15, -0.1) is 10.2 Å². The van der Waals surface area contributed by atoms with Gasteiger partial charge in [-0.2, -0.15) is 0 Å². The number of carbonyl (C=O) groups is 1. The van der Waals surface area contributed by atoms with Gasteiger partial charge in [0.15, 0.2) is 12.1 Å². The number of rotatable bonds is 4. The highest BCUT2D eigenvalue weighted by Gasteiger charge is 2.11. The Balaban J connectivity index is 1.93. The smallest absolute Gasteiger partial charge is 0.218 e. The van der Waals surface area contributed by atoms with Gasteiger partial charge >= 0.3 is 0 Å². The SMILES string of the molecule is Cc1nnc(CCn2c(C=O)nc3ccccc32)o1. The number of nitrogens with zero attached hydrogens (tertiary/aromatic N) is 4. The van der Waals surface area contributed by atoms with E-state index < -0.39 is 0 Å². The standard InChI is InChI=1S/C13H12N4O2/c1-9-15-16-13(19-9)6-7-17-11-5-3-2-4-10(11)14-12(17)8-18/h2-5,8H,6-7H2,1H3. The van der Waals surface area contributed by atoms with Crippen LogP contribution in [-0.4, -0.2) is 26.0 Å². The second kappa shape index (κ2) is 4.64. The molecule has 0 saturated heterocycles. The minimum atomic E-state index is 0.414. The molecule has 0 atom stereocenters. The zero-order chi connectivity index (χ0) is 13.2. The van der Waals surface area contributed by atoms with Crippen LogP contribution in [0.25, 0.3) is 11.0 Å². The molecular weight excluding hydrogens is 244 g/mol. The summed E-state index contributed by atoms with van der Waals surface area (Å²) in [5.41, 5.74) is 1.74. The molecule has 0 aliphatic heterocycles. The lowest BCUT2D eigenvalue weighted by Crippen LogP contribution is -2.05. The fourth-order valence-electron chi connectivity index (χ4n) is 2.07. The van der Waals surface area contributed by atoms with E-state index in [9.17, 15) is 4.79 Å². The van der Waals surface area contributed by atoms with E-state index in [0.717, 1.165) is 17.3 Å². The summed E-state index contributed by atoms with van der Waals surface area (Å²) in [7, 11) is 0. The number of aldehydes is 1. The Kier molecular flexibility index (Phi) is 2.83. The Morgan fingerprint density at radius 2 is 2.16 bits per heavy atom. The Bertz CT molecular complexity index is 729. The molecule has 0 unspecified atom stereocenters. The maximum Gasteiger partial charge on any atom is 0.218 e. The molecule has 2 heterocycles. The van der Waals surface area contributed by atoms with Crippen LogP contribution in [-0.2, 0) is 13.0 Å². The predicted octanol–water partition coefficient (Wildman–Crippen LogP) is 1.78. The Labute approximate surface area is 109 Å². The molecule has 1 aromatic carbocycles. The molecule has 0 aliphatic carbocycles. The van der Waals surface area contributed by atoms with E-state index in [1.54, 1.807) is 6.92 Å². The van der Waals surface area contributed by atoms with Crippen molar-refractivity contribution in [2.75, 3.05) is 0 Å². The number of hydrogen-bond acceptors (Lipinski definition) is 5. The fourth-order valence-corrected chi connectivity index (χ4v) is 2.07. The molecule has 0 radical (unpaired) electrons. The van der Waals surface area contributed by atoms with E-state index in [-0.39, 0.29) is 0 Å². The van der Waals surface area contributed by atoms with Crippen molar-refractivity contribution in [2.45, 2.75) is 19.9 Å². The zero-order valence-electron chi connectivity index (χ0n) is 10.4. The number of aryl methyl sites for hydroxylation is 3. The molecule has 6 heteroatoms. The topological polar surface area (TPSA) is 73.8 Å². The Morgan fingerprint density at radius 3 is 2.89 bits per heavy atom. The van der Waals surface area contributed by atoms with Crippen molar-refractivity contribution in [2.24, 2.45) is 0 Å². The fraction of sp³-hybridized carbons (Fsp3) is 0.231. The molecule has 0 fully saturated rings. The van der Waals surface area contributed by atoms with Crippen LogP contribution >= 0.6 is 0 Å². The summed E-state index contributed by atoms with van der Waals surface area (Å²) in [6.07, 6.45) is 1.33. The Morgan fingerprint density at radius 1 is 1.32 bits per heavy atom. The van der Waals surface area contributed by atoms with E-state index in [1.807, 2.05) is 28.8 Å². The lowest BCUT2D eigenvalue weighted by molar-refractivity contribution is 0.111. The lowest BCUT2D eigenvalue weighted by atomic mass is 10.3. The van der Waals surface area contributed by atoms with Gasteiger partial charge in [-0.3, -0.25) is 4.79 Å². The largest absolute Gasteiger partial charge is 0.426 e. The van der Waals surface area contributed by atoms with Crippen LogP contribution in [0.4, 0.5) is 0 Å². The van der Waals surface area contributed by atoms with E-state index >= 15 is 0 Å². The number of para-hydroxylation sites is 2. The minimum absolute atomic E-state index is 0.414. The minimum Gasteiger partial charge on any atom is -0.426 e. The summed E-state index contributed by atoms with van der Waals surface area (Å²) in [5.74, 6) is 1.52. The third-order valence-electron chi connectivity index (χ3n) is 2.91. The van der Waals surface area contributed by atoms with Crippen molar-refractivity contribution < 1.29 is 9.21 Å². The number of carbonyl (C=O) groups excluding carboxylic acids is 1. The van der Waals surface area contributed by atoms with Gasteiger partial charge in [0.2, 0.25) is 11.8 Å².